The van der Waals surface area contributed by atoms with Crippen LogP contribution in [0.15, 0.2) is 0 Å². The second-order valence-electron chi connectivity index (χ2n) is 4.39. The van der Waals surface area contributed by atoms with Gasteiger partial charge in [0.15, 0.2) is 0 Å². The Morgan fingerprint density at radius 3 is 2.29 bits per heavy atom. The van der Waals surface area contributed by atoms with Crippen LogP contribution < -0.4 is 5.32 Å². The lowest BCUT2D eigenvalue weighted by atomic mass is 9.85. The summed E-state index contributed by atoms with van der Waals surface area (Å²) < 4.78 is 0. The summed E-state index contributed by atoms with van der Waals surface area (Å²) in [5.41, 5.74) is 0. The number of nitrogens with one attached hydrogen (secondary N) is 1. The van der Waals surface area contributed by atoms with E-state index in [2.05, 4.69) is 39.3 Å². The number of hydrogen-bond acceptors (Lipinski definition) is 2. The monoisotopic (exact) mass is 217 g/mol. The van der Waals surface area contributed by atoms with Gasteiger partial charge < -0.3 is 5.32 Å². The molecule has 0 heterocycles. The van der Waals surface area contributed by atoms with Crippen LogP contribution in [0.1, 0.15) is 40.5 Å². The third-order valence-corrected chi connectivity index (χ3v) is 3.61. The first-order valence-electron chi connectivity index (χ1n) is 5.85. The molecule has 0 aliphatic rings. The molecule has 1 N–H and O–H groups in total. The van der Waals surface area contributed by atoms with Gasteiger partial charge in [0.25, 0.3) is 0 Å². The lowest BCUT2D eigenvalue weighted by Crippen LogP contribution is -2.36. The maximum absolute atomic E-state index is 3.55. The highest BCUT2D eigenvalue weighted by molar-refractivity contribution is 7.98. The van der Waals surface area contributed by atoms with Crippen molar-refractivity contribution in [2.24, 2.45) is 11.8 Å². The van der Waals surface area contributed by atoms with Gasteiger partial charge in [-0.2, -0.15) is 11.8 Å². The summed E-state index contributed by atoms with van der Waals surface area (Å²) in [7, 11) is 0. The molecule has 2 atom stereocenters. The molecule has 0 saturated carbocycles. The van der Waals surface area contributed by atoms with E-state index in [1.807, 2.05) is 11.8 Å². The molecule has 0 aliphatic carbocycles. The smallest absolute Gasteiger partial charge is 0.00693 e. The van der Waals surface area contributed by atoms with E-state index in [0.29, 0.717) is 6.04 Å². The molecule has 0 rings (SSSR count). The molecule has 0 spiro atoms. The molecule has 0 bridgehead atoms. The van der Waals surface area contributed by atoms with E-state index >= 15 is 0 Å². The quantitative estimate of drug-likeness (QED) is 0.625. The SMILES string of the molecule is CCNC(C)C(CCCSC)C(C)C. The minimum Gasteiger partial charge on any atom is -0.314 e. The van der Waals surface area contributed by atoms with Gasteiger partial charge in [-0.05, 0) is 50.2 Å². The Morgan fingerprint density at radius 2 is 1.86 bits per heavy atom. The summed E-state index contributed by atoms with van der Waals surface area (Å²) in [6, 6.07) is 0.668. The number of thioether (sulfide) groups is 1. The van der Waals surface area contributed by atoms with Crippen LogP contribution in [0.25, 0.3) is 0 Å². The van der Waals surface area contributed by atoms with Gasteiger partial charge in [-0.25, -0.2) is 0 Å². The molecule has 0 fully saturated rings. The molecule has 2 heteroatoms. The predicted molar refractivity (Wildman–Crippen MR) is 69.1 cm³/mol. The summed E-state index contributed by atoms with van der Waals surface area (Å²) in [4.78, 5) is 0. The molecule has 0 aliphatic heterocycles. The molecule has 14 heavy (non-hydrogen) atoms. The molecule has 0 aromatic rings. The first kappa shape index (κ1) is 14.3. The molecule has 0 saturated heterocycles. The van der Waals surface area contributed by atoms with Crippen molar-refractivity contribution in [3.05, 3.63) is 0 Å². The lowest BCUT2D eigenvalue weighted by Gasteiger charge is -2.28. The summed E-state index contributed by atoms with van der Waals surface area (Å²) in [6.45, 7) is 10.3. The van der Waals surface area contributed by atoms with E-state index in [1.165, 1.54) is 18.6 Å². The Kier molecular flexibility index (Phi) is 8.80. The van der Waals surface area contributed by atoms with E-state index in [-0.39, 0.29) is 0 Å². The average Bonchev–Trinajstić information content (AvgIpc) is 2.12. The van der Waals surface area contributed by atoms with Gasteiger partial charge in [0.05, 0.1) is 0 Å². The summed E-state index contributed by atoms with van der Waals surface area (Å²) >= 11 is 1.96. The van der Waals surface area contributed by atoms with Crippen molar-refractivity contribution in [1.82, 2.24) is 5.32 Å². The summed E-state index contributed by atoms with van der Waals surface area (Å²) in [5.74, 6) is 2.94. The summed E-state index contributed by atoms with van der Waals surface area (Å²) in [6.07, 6.45) is 4.92. The van der Waals surface area contributed by atoms with Crippen LogP contribution in [0.2, 0.25) is 0 Å². The topological polar surface area (TPSA) is 12.0 Å². The second-order valence-corrected chi connectivity index (χ2v) is 5.37. The van der Waals surface area contributed by atoms with Crippen molar-refractivity contribution >= 4 is 11.8 Å². The zero-order valence-corrected chi connectivity index (χ0v) is 11.3. The molecule has 0 aromatic heterocycles. The zero-order chi connectivity index (χ0) is 11.0. The third kappa shape index (κ3) is 5.92. The van der Waals surface area contributed by atoms with Gasteiger partial charge in [-0.3, -0.25) is 0 Å². The average molecular weight is 217 g/mol. The first-order chi connectivity index (χ1) is 6.63. The first-order valence-corrected chi connectivity index (χ1v) is 7.25. The third-order valence-electron chi connectivity index (χ3n) is 2.91. The van der Waals surface area contributed by atoms with Crippen LogP contribution >= 0.6 is 11.8 Å². The highest BCUT2D eigenvalue weighted by atomic mass is 32.2. The van der Waals surface area contributed by atoms with Crippen LogP contribution in [-0.2, 0) is 0 Å². The van der Waals surface area contributed by atoms with Crippen molar-refractivity contribution in [3.8, 4) is 0 Å². The zero-order valence-electron chi connectivity index (χ0n) is 10.5. The Bertz CT molecular complexity index is 125. The second kappa shape index (κ2) is 8.60. The molecule has 86 valence electrons. The van der Waals surface area contributed by atoms with Crippen molar-refractivity contribution in [2.75, 3.05) is 18.6 Å². The number of hydrogen-bond donors (Lipinski definition) is 1. The molecule has 2 unspecified atom stereocenters. The van der Waals surface area contributed by atoms with Crippen molar-refractivity contribution in [3.63, 3.8) is 0 Å². The van der Waals surface area contributed by atoms with Crippen molar-refractivity contribution in [1.29, 1.82) is 0 Å². The van der Waals surface area contributed by atoms with Crippen LogP contribution in [0.3, 0.4) is 0 Å². The standard InChI is InChI=1S/C12H27NS/c1-6-13-11(4)12(10(2)3)8-7-9-14-5/h10-13H,6-9H2,1-5H3. The maximum Gasteiger partial charge on any atom is 0.00693 e. The van der Waals surface area contributed by atoms with Crippen LogP contribution in [-0.4, -0.2) is 24.6 Å². The molecule has 0 aromatic carbocycles. The fraction of sp³-hybridized carbons (Fsp3) is 1.00. The van der Waals surface area contributed by atoms with Gasteiger partial charge in [-0.15, -0.1) is 0 Å². The number of rotatable bonds is 8. The van der Waals surface area contributed by atoms with Gasteiger partial charge in [0, 0.05) is 6.04 Å². The highest BCUT2D eigenvalue weighted by Gasteiger charge is 2.19. The fourth-order valence-corrected chi connectivity index (χ4v) is 2.55. The van der Waals surface area contributed by atoms with Gasteiger partial charge in [0.2, 0.25) is 0 Å². The molecular formula is C12H27NS. The Balaban J connectivity index is 3.88. The summed E-state index contributed by atoms with van der Waals surface area (Å²) in [5, 5.41) is 3.55. The highest BCUT2D eigenvalue weighted by Crippen LogP contribution is 2.21. The van der Waals surface area contributed by atoms with Crippen molar-refractivity contribution < 1.29 is 0 Å². The normalized spacial score (nSPS) is 15.9. The van der Waals surface area contributed by atoms with E-state index in [4.69, 9.17) is 0 Å². The predicted octanol–water partition coefficient (Wildman–Crippen LogP) is 3.40. The fourth-order valence-electron chi connectivity index (χ4n) is 2.10. The molecule has 1 nitrogen and oxygen atoms in total. The van der Waals surface area contributed by atoms with E-state index in [0.717, 1.165) is 18.4 Å². The van der Waals surface area contributed by atoms with Crippen LogP contribution in [0, 0.1) is 11.8 Å². The van der Waals surface area contributed by atoms with Crippen molar-refractivity contribution in [2.45, 2.75) is 46.6 Å². The van der Waals surface area contributed by atoms with E-state index in [1.54, 1.807) is 0 Å². The Labute approximate surface area is 94.4 Å². The van der Waals surface area contributed by atoms with Gasteiger partial charge in [-0.1, -0.05) is 20.8 Å². The minimum absolute atomic E-state index is 0.668. The Hall–Kier alpha value is 0.310. The van der Waals surface area contributed by atoms with E-state index < -0.39 is 0 Å². The Morgan fingerprint density at radius 1 is 1.21 bits per heavy atom. The van der Waals surface area contributed by atoms with Crippen LogP contribution in [0.5, 0.6) is 0 Å². The largest absolute Gasteiger partial charge is 0.314 e. The maximum atomic E-state index is 3.55. The van der Waals surface area contributed by atoms with Gasteiger partial charge in [0.1, 0.15) is 0 Å². The lowest BCUT2D eigenvalue weighted by molar-refractivity contribution is 0.275. The van der Waals surface area contributed by atoms with Gasteiger partial charge >= 0.3 is 0 Å². The molecule has 0 amide bonds. The molecular weight excluding hydrogens is 190 g/mol. The molecule has 0 radical (unpaired) electrons. The minimum atomic E-state index is 0.668. The van der Waals surface area contributed by atoms with Crippen LogP contribution in [0.4, 0.5) is 0 Å². The van der Waals surface area contributed by atoms with E-state index in [9.17, 15) is 0 Å².